The fraction of sp³-hybridized carbons (Fsp3) is 0.211. The molecule has 0 aliphatic rings. The van der Waals surface area contributed by atoms with Crippen molar-refractivity contribution in [1.29, 1.82) is 0 Å². The maximum absolute atomic E-state index is 12.8. The van der Waals surface area contributed by atoms with Crippen molar-refractivity contribution in [2.45, 2.75) is 20.4 Å². The molecule has 0 bridgehead atoms. The van der Waals surface area contributed by atoms with Crippen molar-refractivity contribution in [1.82, 2.24) is 15.0 Å². The van der Waals surface area contributed by atoms with Crippen molar-refractivity contribution in [2.24, 2.45) is 0 Å². The fourth-order valence-corrected chi connectivity index (χ4v) is 2.87. The van der Waals surface area contributed by atoms with Gasteiger partial charge in [-0.1, -0.05) is 40.5 Å². The minimum atomic E-state index is -0.623. The number of nitro groups is 1. The standard InChI is InChI=1S/C19H17ClN4O4/c1-3-23(19(25)14-7-8-15(20)16(10-14)24(26)27)11-17-21-18(22-28-17)13-6-4-5-12(2)9-13/h4-10H,3,11H2,1-2H3. The molecule has 8 nitrogen and oxygen atoms in total. The summed E-state index contributed by atoms with van der Waals surface area (Å²) >= 11 is 5.81. The molecule has 0 unspecified atom stereocenters. The first-order valence-corrected chi connectivity index (χ1v) is 8.89. The smallest absolute Gasteiger partial charge is 0.288 e. The number of hydrogen-bond acceptors (Lipinski definition) is 6. The van der Waals surface area contributed by atoms with E-state index in [2.05, 4.69) is 10.1 Å². The molecular formula is C19H17ClN4O4. The number of nitro benzene ring substituents is 1. The fourth-order valence-electron chi connectivity index (χ4n) is 2.68. The molecule has 0 N–H and O–H groups in total. The predicted molar refractivity (Wildman–Crippen MR) is 103 cm³/mol. The van der Waals surface area contributed by atoms with Gasteiger partial charge in [-0.05, 0) is 32.0 Å². The molecule has 28 heavy (non-hydrogen) atoms. The third kappa shape index (κ3) is 4.17. The Kier molecular flexibility index (Phi) is 5.70. The van der Waals surface area contributed by atoms with Crippen LogP contribution in [0.3, 0.4) is 0 Å². The minimum Gasteiger partial charge on any atom is -0.337 e. The van der Waals surface area contributed by atoms with Gasteiger partial charge < -0.3 is 9.42 Å². The van der Waals surface area contributed by atoms with E-state index in [-0.39, 0.29) is 28.7 Å². The highest BCUT2D eigenvalue weighted by Crippen LogP contribution is 2.26. The molecular weight excluding hydrogens is 384 g/mol. The van der Waals surface area contributed by atoms with Crippen molar-refractivity contribution in [3.63, 3.8) is 0 Å². The van der Waals surface area contributed by atoms with Crippen molar-refractivity contribution >= 4 is 23.2 Å². The Balaban J connectivity index is 1.80. The van der Waals surface area contributed by atoms with Gasteiger partial charge in [0.1, 0.15) is 11.6 Å². The zero-order chi connectivity index (χ0) is 20.3. The van der Waals surface area contributed by atoms with Crippen LogP contribution in [0.1, 0.15) is 28.7 Å². The summed E-state index contributed by atoms with van der Waals surface area (Å²) < 4.78 is 5.27. The summed E-state index contributed by atoms with van der Waals surface area (Å²) in [6.45, 7) is 4.20. The topological polar surface area (TPSA) is 102 Å². The lowest BCUT2D eigenvalue weighted by atomic mass is 10.1. The number of carbonyl (C=O) groups excluding carboxylic acids is 1. The second-order valence-electron chi connectivity index (χ2n) is 6.12. The van der Waals surface area contributed by atoms with Crippen LogP contribution < -0.4 is 0 Å². The van der Waals surface area contributed by atoms with E-state index >= 15 is 0 Å². The van der Waals surface area contributed by atoms with Crippen LogP contribution >= 0.6 is 11.6 Å². The molecule has 0 aliphatic heterocycles. The first-order chi connectivity index (χ1) is 13.4. The van der Waals surface area contributed by atoms with Gasteiger partial charge in [0.15, 0.2) is 0 Å². The van der Waals surface area contributed by atoms with E-state index in [0.717, 1.165) is 11.1 Å². The third-order valence-electron chi connectivity index (χ3n) is 4.13. The Morgan fingerprint density at radius 2 is 2.07 bits per heavy atom. The number of nitrogens with zero attached hydrogens (tertiary/aromatic N) is 4. The number of aryl methyl sites for hydroxylation is 1. The van der Waals surface area contributed by atoms with Crippen LogP contribution in [0.2, 0.25) is 5.02 Å². The van der Waals surface area contributed by atoms with Gasteiger partial charge in [-0.2, -0.15) is 4.98 Å². The van der Waals surface area contributed by atoms with Gasteiger partial charge in [0, 0.05) is 23.7 Å². The van der Waals surface area contributed by atoms with E-state index in [1.807, 2.05) is 31.2 Å². The lowest BCUT2D eigenvalue weighted by Gasteiger charge is -2.18. The highest BCUT2D eigenvalue weighted by Gasteiger charge is 2.22. The molecule has 144 valence electrons. The van der Waals surface area contributed by atoms with Crippen LogP contribution in [0.25, 0.3) is 11.4 Å². The van der Waals surface area contributed by atoms with Gasteiger partial charge in [0.25, 0.3) is 11.6 Å². The summed E-state index contributed by atoms with van der Waals surface area (Å²) in [5, 5.41) is 15.0. The molecule has 0 radical (unpaired) electrons. The molecule has 0 atom stereocenters. The minimum absolute atomic E-state index is 0.0238. The van der Waals surface area contributed by atoms with Crippen molar-refractivity contribution in [3.8, 4) is 11.4 Å². The number of carbonyl (C=O) groups is 1. The summed E-state index contributed by atoms with van der Waals surface area (Å²) in [6.07, 6.45) is 0. The Morgan fingerprint density at radius 3 is 2.75 bits per heavy atom. The molecule has 1 aromatic heterocycles. The first-order valence-electron chi connectivity index (χ1n) is 8.52. The lowest BCUT2D eigenvalue weighted by molar-refractivity contribution is -0.384. The Morgan fingerprint density at radius 1 is 1.29 bits per heavy atom. The van der Waals surface area contributed by atoms with Gasteiger partial charge in [0.05, 0.1) is 4.92 Å². The molecule has 1 amide bonds. The van der Waals surface area contributed by atoms with Gasteiger partial charge >= 0.3 is 0 Å². The van der Waals surface area contributed by atoms with Gasteiger partial charge in [-0.3, -0.25) is 14.9 Å². The predicted octanol–water partition coefficient (Wildman–Crippen LogP) is 4.27. The van der Waals surface area contributed by atoms with Crippen LogP contribution in [-0.4, -0.2) is 32.4 Å². The zero-order valence-corrected chi connectivity index (χ0v) is 16.0. The molecule has 0 spiro atoms. The van der Waals surface area contributed by atoms with Crippen molar-refractivity contribution in [3.05, 3.63) is 74.6 Å². The van der Waals surface area contributed by atoms with E-state index in [1.165, 1.54) is 23.1 Å². The first kappa shape index (κ1) is 19.5. The summed E-state index contributed by atoms with van der Waals surface area (Å²) in [5.41, 5.74) is 1.73. The summed E-state index contributed by atoms with van der Waals surface area (Å²) in [7, 11) is 0. The maximum atomic E-state index is 12.8. The van der Waals surface area contributed by atoms with Crippen molar-refractivity contribution < 1.29 is 14.2 Å². The van der Waals surface area contributed by atoms with Gasteiger partial charge in [-0.15, -0.1) is 0 Å². The molecule has 0 saturated heterocycles. The van der Waals surface area contributed by atoms with Crippen molar-refractivity contribution in [2.75, 3.05) is 6.54 Å². The molecule has 0 aliphatic carbocycles. The van der Waals surface area contributed by atoms with Crippen LogP contribution in [0.4, 0.5) is 5.69 Å². The second kappa shape index (κ2) is 8.18. The third-order valence-corrected chi connectivity index (χ3v) is 4.45. The Bertz CT molecular complexity index is 1030. The number of amides is 1. The highest BCUT2D eigenvalue weighted by atomic mass is 35.5. The monoisotopic (exact) mass is 400 g/mol. The molecule has 9 heteroatoms. The van der Waals surface area contributed by atoms with Gasteiger partial charge in [0.2, 0.25) is 11.7 Å². The summed E-state index contributed by atoms with van der Waals surface area (Å²) in [6, 6.07) is 11.6. The highest BCUT2D eigenvalue weighted by molar-refractivity contribution is 6.32. The number of hydrogen-bond donors (Lipinski definition) is 0. The second-order valence-corrected chi connectivity index (χ2v) is 6.53. The Hall–Kier alpha value is -3.26. The molecule has 3 rings (SSSR count). The Labute approximate surface area is 165 Å². The number of halogens is 1. The lowest BCUT2D eigenvalue weighted by Crippen LogP contribution is -2.30. The zero-order valence-electron chi connectivity index (χ0n) is 15.3. The quantitative estimate of drug-likeness (QED) is 0.452. The van der Waals surface area contributed by atoms with E-state index in [0.29, 0.717) is 12.4 Å². The molecule has 3 aromatic rings. The maximum Gasteiger partial charge on any atom is 0.288 e. The number of rotatable bonds is 6. The molecule has 0 fully saturated rings. The largest absolute Gasteiger partial charge is 0.337 e. The van der Waals surface area contributed by atoms with E-state index in [9.17, 15) is 14.9 Å². The van der Waals surface area contributed by atoms with Crippen LogP contribution in [0.5, 0.6) is 0 Å². The molecule has 2 aromatic carbocycles. The van der Waals surface area contributed by atoms with E-state index in [4.69, 9.17) is 16.1 Å². The average molecular weight is 401 g/mol. The molecule has 0 saturated carbocycles. The normalized spacial score (nSPS) is 10.7. The van der Waals surface area contributed by atoms with E-state index in [1.54, 1.807) is 6.92 Å². The summed E-state index contributed by atoms with van der Waals surface area (Å²) in [4.78, 5) is 29.0. The van der Waals surface area contributed by atoms with Crippen LogP contribution in [0.15, 0.2) is 47.0 Å². The molecule has 1 heterocycles. The van der Waals surface area contributed by atoms with Gasteiger partial charge in [-0.25, -0.2) is 0 Å². The van der Waals surface area contributed by atoms with E-state index < -0.39 is 10.8 Å². The summed E-state index contributed by atoms with van der Waals surface area (Å²) in [5.74, 6) is 0.317. The SMILES string of the molecule is CCN(Cc1nc(-c2cccc(C)c2)no1)C(=O)c1ccc(Cl)c([N+](=O)[O-])c1. The van der Waals surface area contributed by atoms with Crippen LogP contribution in [-0.2, 0) is 6.54 Å². The average Bonchev–Trinajstić information content (AvgIpc) is 3.14. The number of benzene rings is 2. The van der Waals surface area contributed by atoms with Crippen LogP contribution in [0, 0.1) is 17.0 Å². The number of aromatic nitrogens is 2.